The molecule has 312 valence electrons. The molecule has 1 unspecified atom stereocenters. The molecule has 0 spiro atoms. The van der Waals surface area contributed by atoms with Crippen molar-refractivity contribution >= 4 is 69.3 Å². The second-order valence-corrected chi connectivity index (χ2v) is 16.0. The summed E-state index contributed by atoms with van der Waals surface area (Å²) in [5.74, 6) is -1.25. The van der Waals surface area contributed by atoms with Crippen LogP contribution < -0.4 is 41.4 Å². The van der Waals surface area contributed by atoms with E-state index in [2.05, 4.69) is 49.9 Å². The van der Waals surface area contributed by atoms with Gasteiger partial charge in [-0.1, -0.05) is 17.7 Å². The summed E-state index contributed by atoms with van der Waals surface area (Å²) in [5, 5.41) is 11.6. The van der Waals surface area contributed by atoms with Crippen molar-refractivity contribution in [1.29, 1.82) is 0 Å². The number of likely N-dealkylation sites (N-methyl/N-ethyl adjacent to an activating group) is 1. The van der Waals surface area contributed by atoms with Crippen LogP contribution in [0.2, 0.25) is 5.02 Å². The number of ether oxygens (including phenoxy) is 1. The summed E-state index contributed by atoms with van der Waals surface area (Å²) in [7, 11) is 3.14. The summed E-state index contributed by atoms with van der Waals surface area (Å²) in [4.78, 5) is 77.1. The minimum absolute atomic E-state index is 0.0608. The summed E-state index contributed by atoms with van der Waals surface area (Å²) >= 11 is 6.57. The molecule has 59 heavy (non-hydrogen) atoms. The van der Waals surface area contributed by atoms with Crippen molar-refractivity contribution in [2.45, 2.75) is 51.1 Å². The Morgan fingerprint density at radius 3 is 2.46 bits per heavy atom. The maximum atomic E-state index is 15.8. The molecule has 0 aliphatic carbocycles. The molecule has 3 saturated heterocycles. The summed E-state index contributed by atoms with van der Waals surface area (Å²) in [6.45, 7) is 8.48. The number of rotatable bonds is 11. The Balaban J connectivity index is 0.951. The van der Waals surface area contributed by atoms with Crippen molar-refractivity contribution in [2.75, 3.05) is 68.0 Å². The quantitative estimate of drug-likeness (QED) is 0.162. The number of carbonyl (C=O) groups excluding carboxylic acids is 4. The summed E-state index contributed by atoms with van der Waals surface area (Å²) < 4.78 is 22.8. The van der Waals surface area contributed by atoms with Gasteiger partial charge in [0.2, 0.25) is 17.8 Å². The number of fused-ring (bicyclic) bond motifs is 1. The number of piperidine rings is 2. The predicted octanol–water partition coefficient (Wildman–Crippen LogP) is 3.34. The third-order valence-corrected chi connectivity index (χ3v) is 12.1. The molecule has 4 N–H and O–H groups in total. The minimum Gasteiger partial charge on any atom is -0.478 e. The number of nitrogens with zero attached hydrogens (tertiary/aromatic N) is 6. The summed E-state index contributed by atoms with van der Waals surface area (Å²) in [6, 6.07) is 10.9. The van der Waals surface area contributed by atoms with E-state index in [9.17, 15) is 24.0 Å². The molecule has 1 atom stereocenters. The molecule has 4 amide bonds. The topological polar surface area (TPSA) is 183 Å². The van der Waals surface area contributed by atoms with Gasteiger partial charge in [-0.15, -0.1) is 0 Å². The van der Waals surface area contributed by atoms with Gasteiger partial charge in [0.1, 0.15) is 11.1 Å². The smallest absolute Gasteiger partial charge is 0.293 e. The molecular weight excluding hydrogens is 783 g/mol. The van der Waals surface area contributed by atoms with Crippen LogP contribution in [0.3, 0.4) is 0 Å². The van der Waals surface area contributed by atoms with E-state index in [0.717, 1.165) is 25.9 Å². The number of aryl methyl sites for hydroxylation is 1. The normalized spacial score (nSPS) is 18.1. The van der Waals surface area contributed by atoms with Gasteiger partial charge in [0.15, 0.2) is 24.0 Å². The third kappa shape index (κ3) is 8.81. The van der Waals surface area contributed by atoms with Crippen molar-refractivity contribution in [3.8, 4) is 5.75 Å². The second-order valence-electron chi connectivity index (χ2n) is 15.6. The Hall–Kier alpha value is -5.81. The molecule has 16 nitrogen and oxygen atoms in total. The molecule has 18 heteroatoms. The predicted molar refractivity (Wildman–Crippen MR) is 222 cm³/mol. The van der Waals surface area contributed by atoms with Gasteiger partial charge in [-0.05, 0) is 75.4 Å². The number of nitrogens with one attached hydrogen (secondary N) is 4. The van der Waals surface area contributed by atoms with Gasteiger partial charge < -0.3 is 35.1 Å². The van der Waals surface area contributed by atoms with Gasteiger partial charge in [-0.3, -0.25) is 34.2 Å². The Morgan fingerprint density at radius 1 is 1.00 bits per heavy atom. The number of imide groups is 1. The lowest BCUT2D eigenvalue weighted by Crippen LogP contribution is -2.59. The Bertz CT molecular complexity index is 2340. The fourth-order valence-electron chi connectivity index (χ4n) is 8.16. The van der Waals surface area contributed by atoms with E-state index in [1.165, 1.54) is 17.7 Å². The highest BCUT2D eigenvalue weighted by molar-refractivity contribution is 6.33. The first kappa shape index (κ1) is 41.4. The molecule has 3 aliphatic heterocycles. The van der Waals surface area contributed by atoms with Crippen LogP contribution in [0.5, 0.6) is 5.75 Å². The molecule has 3 fully saturated rings. The Morgan fingerprint density at radius 2 is 1.75 bits per heavy atom. The van der Waals surface area contributed by atoms with E-state index < -0.39 is 23.7 Å². The van der Waals surface area contributed by atoms with Crippen LogP contribution in [-0.2, 0) is 21.4 Å². The number of hydrogen-bond acceptors (Lipinski definition) is 12. The van der Waals surface area contributed by atoms with Crippen LogP contribution in [0.1, 0.15) is 49.9 Å². The van der Waals surface area contributed by atoms with Gasteiger partial charge in [0.25, 0.3) is 17.4 Å². The number of anilines is 4. The number of pyridine rings is 1. The van der Waals surface area contributed by atoms with Crippen LogP contribution in [0.15, 0.2) is 53.5 Å². The molecule has 5 heterocycles. The summed E-state index contributed by atoms with van der Waals surface area (Å²) in [5.41, 5.74) is 1.10. The Kier molecular flexibility index (Phi) is 12.0. The SMILES string of the molecule is CNC(=O)COc1cc2cc(Nc3nc(N4CCN(C(C)(C)C5CCN(c6cccc(C(=O)NC7CCC(=O)NC7=O)c6F)CC5)CC4)ncc3Cl)ccc2n(C)c1=O. The standard InChI is InChI=1S/C41H48ClFN10O6/c1-41(2,25-12-14-51(15-13-25)31-7-5-6-27(35(31)43)37(56)47-29-9-11-33(54)48-38(29)57)53-18-16-52(17-19-53)40-45-22-28(42)36(49-40)46-26-8-10-30-24(20-26)21-32(39(58)50(30)4)59-23-34(55)44-3/h5-8,10,20-22,25,29H,9,11-19,23H2,1-4H3,(H,44,55)(H,47,56)(H,45,46,49)(H,48,54,57). The van der Waals surface area contributed by atoms with E-state index >= 15 is 4.39 Å². The number of benzene rings is 2. The van der Waals surface area contributed by atoms with Gasteiger partial charge in [-0.2, -0.15) is 4.98 Å². The van der Waals surface area contributed by atoms with Gasteiger partial charge in [-0.25, -0.2) is 9.37 Å². The van der Waals surface area contributed by atoms with Crippen molar-refractivity contribution in [2.24, 2.45) is 13.0 Å². The van der Waals surface area contributed by atoms with E-state index in [0.29, 0.717) is 71.2 Å². The zero-order chi connectivity index (χ0) is 42.0. The number of hydrogen-bond donors (Lipinski definition) is 4. The average molecular weight is 831 g/mol. The number of amides is 4. The van der Waals surface area contributed by atoms with Crippen molar-refractivity contribution in [1.82, 2.24) is 35.4 Å². The summed E-state index contributed by atoms with van der Waals surface area (Å²) in [6.07, 6.45) is 3.54. The second kappa shape index (κ2) is 17.2. The fourth-order valence-corrected chi connectivity index (χ4v) is 8.30. The lowest BCUT2D eigenvalue weighted by atomic mass is 9.78. The zero-order valence-corrected chi connectivity index (χ0v) is 34.2. The van der Waals surface area contributed by atoms with Crippen LogP contribution >= 0.6 is 11.6 Å². The average Bonchev–Trinajstić information content (AvgIpc) is 3.23. The van der Waals surface area contributed by atoms with Gasteiger partial charge in [0, 0.05) is 76.4 Å². The first-order valence-electron chi connectivity index (χ1n) is 19.7. The number of piperazine rings is 1. The molecule has 2 aromatic heterocycles. The molecule has 3 aliphatic rings. The fraction of sp³-hybridized carbons (Fsp3) is 0.439. The minimum atomic E-state index is -0.890. The van der Waals surface area contributed by atoms with Gasteiger partial charge in [0.05, 0.1) is 23.0 Å². The highest BCUT2D eigenvalue weighted by Gasteiger charge is 2.39. The van der Waals surface area contributed by atoms with Crippen LogP contribution in [0, 0.1) is 11.7 Å². The molecular formula is C41H48ClFN10O6. The molecule has 4 aromatic rings. The molecule has 0 radical (unpaired) electrons. The van der Waals surface area contributed by atoms with Crippen LogP contribution in [0.4, 0.5) is 27.5 Å². The van der Waals surface area contributed by atoms with Crippen molar-refractivity contribution in [3.05, 3.63) is 75.4 Å². The third-order valence-electron chi connectivity index (χ3n) is 11.8. The van der Waals surface area contributed by atoms with Gasteiger partial charge >= 0.3 is 0 Å². The number of carbonyl (C=O) groups is 4. The maximum Gasteiger partial charge on any atom is 0.293 e. The van der Waals surface area contributed by atoms with Crippen molar-refractivity contribution in [3.63, 3.8) is 0 Å². The highest BCUT2D eigenvalue weighted by atomic mass is 35.5. The van der Waals surface area contributed by atoms with E-state index in [4.69, 9.17) is 21.3 Å². The number of aromatic nitrogens is 3. The first-order chi connectivity index (χ1) is 28.2. The molecule has 7 rings (SSSR count). The lowest BCUT2D eigenvalue weighted by Gasteiger charge is -2.50. The van der Waals surface area contributed by atoms with Crippen LogP contribution in [-0.4, -0.2) is 108 Å². The first-order valence-corrected chi connectivity index (χ1v) is 20.1. The largest absolute Gasteiger partial charge is 0.478 e. The van der Waals surface area contributed by atoms with E-state index in [1.54, 1.807) is 31.4 Å². The molecule has 0 bridgehead atoms. The highest BCUT2D eigenvalue weighted by Crippen LogP contribution is 2.36. The van der Waals surface area contributed by atoms with Crippen molar-refractivity contribution < 1.29 is 28.3 Å². The maximum absolute atomic E-state index is 15.8. The van der Waals surface area contributed by atoms with E-state index in [-0.39, 0.29) is 53.7 Å². The lowest BCUT2D eigenvalue weighted by molar-refractivity contribution is -0.134. The Labute approximate surface area is 345 Å². The number of halogens is 2. The monoisotopic (exact) mass is 830 g/mol. The molecule has 0 saturated carbocycles. The molecule has 2 aromatic carbocycles. The zero-order valence-electron chi connectivity index (χ0n) is 33.4. The van der Waals surface area contributed by atoms with E-state index in [1.807, 2.05) is 23.1 Å². The van der Waals surface area contributed by atoms with Crippen LogP contribution in [0.25, 0.3) is 10.9 Å².